The molecule has 0 aliphatic carbocycles. The highest BCUT2D eigenvalue weighted by Gasteiger charge is 2.18. The van der Waals surface area contributed by atoms with Crippen LogP contribution in [-0.2, 0) is 19.4 Å². The summed E-state index contributed by atoms with van der Waals surface area (Å²) in [6.07, 6.45) is 3.05. The van der Waals surface area contributed by atoms with E-state index in [1.54, 1.807) is 0 Å². The van der Waals surface area contributed by atoms with Crippen molar-refractivity contribution >= 4 is 23.4 Å². The van der Waals surface area contributed by atoms with E-state index in [9.17, 15) is 0 Å². The van der Waals surface area contributed by atoms with Crippen molar-refractivity contribution in [3.05, 3.63) is 16.4 Å². The maximum atomic E-state index is 6.48. The van der Waals surface area contributed by atoms with Crippen LogP contribution in [0.1, 0.15) is 45.5 Å². The molecule has 0 fully saturated rings. The van der Waals surface area contributed by atoms with Crippen LogP contribution in [0, 0.1) is 0 Å². The van der Waals surface area contributed by atoms with Crippen molar-refractivity contribution in [3.8, 4) is 0 Å². The van der Waals surface area contributed by atoms with Crippen molar-refractivity contribution in [3.63, 3.8) is 0 Å². The number of likely N-dealkylation sites (N-methyl/N-ethyl adjacent to an activating group) is 1. The van der Waals surface area contributed by atoms with Crippen LogP contribution in [0.15, 0.2) is 0 Å². The first-order valence-electron chi connectivity index (χ1n) is 7.60. The van der Waals surface area contributed by atoms with E-state index < -0.39 is 0 Å². The molecule has 0 spiro atoms. The SMILES string of the molecule is CCc1nn(CC)c(CC(CSC(C)CC)NC)c1Cl. The fourth-order valence-electron chi connectivity index (χ4n) is 2.09. The Labute approximate surface area is 132 Å². The number of thioether (sulfide) groups is 1. The van der Waals surface area contributed by atoms with Gasteiger partial charge < -0.3 is 5.32 Å². The lowest BCUT2D eigenvalue weighted by Crippen LogP contribution is -2.31. The van der Waals surface area contributed by atoms with Gasteiger partial charge in [0.25, 0.3) is 0 Å². The average Bonchev–Trinajstić information content (AvgIpc) is 2.78. The number of rotatable bonds is 9. The first-order chi connectivity index (χ1) is 9.57. The van der Waals surface area contributed by atoms with Gasteiger partial charge in [-0.2, -0.15) is 16.9 Å². The van der Waals surface area contributed by atoms with Crippen molar-refractivity contribution in [1.82, 2.24) is 15.1 Å². The summed E-state index contributed by atoms with van der Waals surface area (Å²) in [5, 5.41) is 9.59. The van der Waals surface area contributed by atoms with Crippen LogP contribution in [-0.4, -0.2) is 33.9 Å². The van der Waals surface area contributed by atoms with Gasteiger partial charge in [-0.05, 0) is 26.8 Å². The fourth-order valence-corrected chi connectivity index (χ4v) is 3.52. The molecule has 116 valence electrons. The van der Waals surface area contributed by atoms with Crippen molar-refractivity contribution in [1.29, 1.82) is 0 Å². The summed E-state index contributed by atoms with van der Waals surface area (Å²) < 4.78 is 2.05. The Bertz CT molecular complexity index is 406. The van der Waals surface area contributed by atoms with Crippen LogP contribution >= 0.6 is 23.4 Å². The van der Waals surface area contributed by atoms with Gasteiger partial charge in [-0.25, -0.2) is 0 Å². The second-order valence-corrected chi connectivity index (χ2v) is 6.97. The maximum absolute atomic E-state index is 6.48. The van der Waals surface area contributed by atoms with Crippen molar-refractivity contribution in [2.45, 2.75) is 64.8 Å². The third-order valence-electron chi connectivity index (χ3n) is 3.70. The number of nitrogens with zero attached hydrogens (tertiary/aromatic N) is 2. The van der Waals surface area contributed by atoms with Gasteiger partial charge in [0.05, 0.1) is 16.4 Å². The van der Waals surface area contributed by atoms with E-state index in [0.29, 0.717) is 11.3 Å². The highest BCUT2D eigenvalue weighted by atomic mass is 35.5. The molecule has 1 aromatic rings. The van der Waals surface area contributed by atoms with Gasteiger partial charge in [0.1, 0.15) is 0 Å². The minimum Gasteiger partial charge on any atom is -0.316 e. The molecule has 1 rings (SSSR count). The molecule has 0 amide bonds. The Balaban J connectivity index is 2.76. The van der Waals surface area contributed by atoms with Crippen molar-refractivity contribution in [2.24, 2.45) is 0 Å². The topological polar surface area (TPSA) is 29.9 Å². The van der Waals surface area contributed by atoms with Gasteiger partial charge in [-0.1, -0.05) is 32.4 Å². The van der Waals surface area contributed by atoms with Gasteiger partial charge in [-0.15, -0.1) is 0 Å². The van der Waals surface area contributed by atoms with Crippen LogP contribution in [0.3, 0.4) is 0 Å². The number of nitrogens with one attached hydrogen (secondary N) is 1. The van der Waals surface area contributed by atoms with Crippen molar-refractivity contribution in [2.75, 3.05) is 12.8 Å². The van der Waals surface area contributed by atoms with E-state index in [0.717, 1.165) is 35.9 Å². The second kappa shape index (κ2) is 8.96. The lowest BCUT2D eigenvalue weighted by molar-refractivity contribution is 0.555. The minimum atomic E-state index is 0.443. The van der Waals surface area contributed by atoms with Crippen LogP contribution in [0.4, 0.5) is 0 Å². The van der Waals surface area contributed by atoms with E-state index in [-0.39, 0.29) is 0 Å². The monoisotopic (exact) mass is 317 g/mol. The van der Waals surface area contributed by atoms with Gasteiger partial charge in [-0.3, -0.25) is 4.68 Å². The average molecular weight is 318 g/mol. The third kappa shape index (κ3) is 4.68. The summed E-state index contributed by atoms with van der Waals surface area (Å²) in [7, 11) is 2.03. The second-order valence-electron chi connectivity index (χ2n) is 5.12. The molecule has 5 heteroatoms. The first kappa shape index (κ1) is 17.9. The van der Waals surface area contributed by atoms with Crippen molar-refractivity contribution < 1.29 is 0 Å². The van der Waals surface area contributed by atoms with E-state index >= 15 is 0 Å². The molecule has 0 saturated heterocycles. The number of hydrogen-bond acceptors (Lipinski definition) is 3. The number of aryl methyl sites for hydroxylation is 2. The Morgan fingerprint density at radius 1 is 1.35 bits per heavy atom. The summed E-state index contributed by atoms with van der Waals surface area (Å²) >= 11 is 8.51. The van der Waals surface area contributed by atoms with Crippen LogP contribution in [0.25, 0.3) is 0 Å². The lowest BCUT2D eigenvalue weighted by Gasteiger charge is -2.18. The van der Waals surface area contributed by atoms with Crippen LogP contribution in [0.5, 0.6) is 0 Å². The lowest BCUT2D eigenvalue weighted by atomic mass is 10.1. The molecule has 0 radical (unpaired) electrons. The molecular formula is C15H28ClN3S. The van der Waals surface area contributed by atoms with E-state index in [1.165, 1.54) is 12.1 Å². The minimum absolute atomic E-state index is 0.443. The first-order valence-corrected chi connectivity index (χ1v) is 9.02. The Hall–Kier alpha value is -0.190. The highest BCUT2D eigenvalue weighted by molar-refractivity contribution is 7.99. The number of aromatic nitrogens is 2. The van der Waals surface area contributed by atoms with E-state index in [2.05, 4.69) is 42.8 Å². The predicted octanol–water partition coefficient (Wildman–Crippen LogP) is 3.78. The normalized spacial score (nSPS) is 14.5. The Kier molecular flexibility index (Phi) is 8.00. The zero-order valence-corrected chi connectivity index (χ0v) is 14.9. The van der Waals surface area contributed by atoms with Gasteiger partial charge in [0.15, 0.2) is 0 Å². The maximum Gasteiger partial charge on any atom is 0.0850 e. The summed E-state index contributed by atoms with van der Waals surface area (Å²) in [5.41, 5.74) is 2.20. The smallest absolute Gasteiger partial charge is 0.0850 e. The van der Waals surface area contributed by atoms with Gasteiger partial charge in [0, 0.05) is 30.0 Å². The molecule has 0 aliphatic heterocycles. The predicted molar refractivity (Wildman–Crippen MR) is 91.1 cm³/mol. The molecule has 1 N–H and O–H groups in total. The highest BCUT2D eigenvalue weighted by Crippen LogP contribution is 2.24. The van der Waals surface area contributed by atoms with E-state index in [1.807, 2.05) is 18.8 Å². The molecular weight excluding hydrogens is 290 g/mol. The van der Waals surface area contributed by atoms with Gasteiger partial charge in [0.2, 0.25) is 0 Å². The molecule has 2 unspecified atom stereocenters. The molecule has 0 aliphatic rings. The number of halogens is 1. The Morgan fingerprint density at radius 2 is 2.05 bits per heavy atom. The molecule has 1 aromatic heterocycles. The van der Waals surface area contributed by atoms with E-state index in [4.69, 9.17) is 11.6 Å². The quantitative estimate of drug-likeness (QED) is 0.751. The molecule has 20 heavy (non-hydrogen) atoms. The summed E-state index contributed by atoms with van der Waals surface area (Å²) in [5.74, 6) is 1.11. The van der Waals surface area contributed by atoms with Crippen LogP contribution in [0.2, 0.25) is 5.02 Å². The molecule has 0 saturated carbocycles. The summed E-state index contributed by atoms with van der Waals surface area (Å²) in [6.45, 7) is 9.63. The Morgan fingerprint density at radius 3 is 2.55 bits per heavy atom. The molecule has 3 nitrogen and oxygen atoms in total. The molecule has 0 bridgehead atoms. The fraction of sp³-hybridized carbons (Fsp3) is 0.800. The molecule has 0 aromatic carbocycles. The molecule has 2 atom stereocenters. The van der Waals surface area contributed by atoms with Gasteiger partial charge >= 0.3 is 0 Å². The zero-order valence-electron chi connectivity index (χ0n) is 13.4. The summed E-state index contributed by atoms with van der Waals surface area (Å²) in [4.78, 5) is 0. The third-order valence-corrected chi connectivity index (χ3v) is 5.63. The zero-order chi connectivity index (χ0) is 15.1. The van der Waals surface area contributed by atoms with Crippen LogP contribution < -0.4 is 5.32 Å². The molecule has 1 heterocycles. The summed E-state index contributed by atoms with van der Waals surface area (Å²) in [6, 6.07) is 0.443. The number of hydrogen-bond donors (Lipinski definition) is 1. The largest absolute Gasteiger partial charge is 0.316 e. The standard InChI is InChI=1S/C15H28ClN3S/c1-6-11(4)20-10-12(17-5)9-14-15(16)13(7-2)18-19(14)8-3/h11-12,17H,6-10H2,1-5H3.